The first-order chi connectivity index (χ1) is 10.0. The molecule has 0 aliphatic carbocycles. The van der Waals surface area contributed by atoms with Gasteiger partial charge >= 0.3 is 5.97 Å². The van der Waals surface area contributed by atoms with E-state index in [-0.39, 0.29) is 12.0 Å². The zero-order valence-corrected chi connectivity index (χ0v) is 13.7. The van der Waals surface area contributed by atoms with Crippen molar-refractivity contribution in [3.05, 3.63) is 51.2 Å². The minimum absolute atomic E-state index is 0.154. The van der Waals surface area contributed by atoms with Crippen LogP contribution in [-0.4, -0.2) is 13.1 Å². The quantitative estimate of drug-likeness (QED) is 0.822. The predicted molar refractivity (Wildman–Crippen MR) is 88.3 cm³/mol. The molecule has 1 heterocycles. The number of rotatable bonds is 5. The van der Waals surface area contributed by atoms with Crippen molar-refractivity contribution in [3.8, 4) is 0 Å². The summed E-state index contributed by atoms with van der Waals surface area (Å²) in [6.07, 6.45) is 1.05. The standard InChI is InChI=1S/C17H21NO2S/c1-5-13-7-9-16(21-13)12(3)18-15-8-6-11(2)10-14(15)17(19)20-4/h6-10,12,18H,5H2,1-4H3. The van der Waals surface area contributed by atoms with Gasteiger partial charge in [0.25, 0.3) is 0 Å². The number of hydrogen-bond acceptors (Lipinski definition) is 4. The van der Waals surface area contributed by atoms with Gasteiger partial charge < -0.3 is 10.1 Å². The largest absolute Gasteiger partial charge is 0.465 e. The smallest absolute Gasteiger partial charge is 0.339 e. The molecule has 21 heavy (non-hydrogen) atoms. The third kappa shape index (κ3) is 3.64. The molecule has 0 aliphatic heterocycles. The molecular formula is C17H21NO2S. The summed E-state index contributed by atoms with van der Waals surface area (Å²) < 4.78 is 4.86. The van der Waals surface area contributed by atoms with Gasteiger partial charge in [-0.2, -0.15) is 0 Å². The normalized spacial score (nSPS) is 12.0. The first-order valence-electron chi connectivity index (χ1n) is 7.09. The Balaban J connectivity index is 2.24. The van der Waals surface area contributed by atoms with E-state index in [0.29, 0.717) is 5.56 Å². The molecule has 1 aromatic carbocycles. The van der Waals surface area contributed by atoms with Crippen molar-refractivity contribution in [2.75, 3.05) is 12.4 Å². The Morgan fingerprint density at radius 2 is 2.10 bits per heavy atom. The number of ether oxygens (including phenoxy) is 1. The van der Waals surface area contributed by atoms with Crippen LogP contribution in [0.15, 0.2) is 30.3 Å². The van der Waals surface area contributed by atoms with Gasteiger partial charge in [0.2, 0.25) is 0 Å². The molecule has 4 heteroatoms. The summed E-state index contributed by atoms with van der Waals surface area (Å²) in [4.78, 5) is 14.5. The lowest BCUT2D eigenvalue weighted by molar-refractivity contribution is 0.0601. The zero-order valence-electron chi connectivity index (χ0n) is 12.9. The van der Waals surface area contributed by atoms with Gasteiger partial charge in [-0.25, -0.2) is 4.79 Å². The minimum Gasteiger partial charge on any atom is -0.465 e. The maximum Gasteiger partial charge on any atom is 0.339 e. The van der Waals surface area contributed by atoms with Crippen LogP contribution in [0.5, 0.6) is 0 Å². The fourth-order valence-electron chi connectivity index (χ4n) is 2.18. The number of thiophene rings is 1. The summed E-state index contributed by atoms with van der Waals surface area (Å²) in [7, 11) is 1.41. The van der Waals surface area contributed by atoms with Crippen molar-refractivity contribution in [3.63, 3.8) is 0 Å². The van der Waals surface area contributed by atoms with Gasteiger partial charge in [-0.15, -0.1) is 11.3 Å². The van der Waals surface area contributed by atoms with Crippen molar-refractivity contribution in [2.45, 2.75) is 33.2 Å². The van der Waals surface area contributed by atoms with Crippen LogP contribution < -0.4 is 5.32 Å². The van der Waals surface area contributed by atoms with E-state index < -0.39 is 0 Å². The second-order valence-electron chi connectivity index (χ2n) is 5.06. The number of carbonyl (C=O) groups is 1. The summed E-state index contributed by atoms with van der Waals surface area (Å²) in [5.74, 6) is -0.311. The Morgan fingerprint density at radius 3 is 2.71 bits per heavy atom. The highest BCUT2D eigenvalue weighted by atomic mass is 32.1. The second kappa shape index (κ2) is 6.76. The second-order valence-corrected chi connectivity index (χ2v) is 6.26. The summed E-state index contributed by atoms with van der Waals surface area (Å²) in [6.45, 7) is 6.22. The number of hydrogen-bond donors (Lipinski definition) is 1. The van der Waals surface area contributed by atoms with Crippen LogP contribution in [0.25, 0.3) is 0 Å². The van der Waals surface area contributed by atoms with E-state index in [1.54, 1.807) is 11.3 Å². The fraction of sp³-hybridized carbons (Fsp3) is 0.353. The van der Waals surface area contributed by atoms with Crippen LogP contribution in [0, 0.1) is 6.92 Å². The van der Waals surface area contributed by atoms with Crippen molar-refractivity contribution in [2.24, 2.45) is 0 Å². The molecule has 0 aliphatic rings. The molecule has 1 atom stereocenters. The van der Waals surface area contributed by atoms with Gasteiger partial charge in [0, 0.05) is 15.4 Å². The number of anilines is 1. The molecule has 112 valence electrons. The lowest BCUT2D eigenvalue weighted by Crippen LogP contribution is -2.11. The predicted octanol–water partition coefficient (Wildman–Crippen LogP) is 4.58. The van der Waals surface area contributed by atoms with Crippen molar-refractivity contribution in [1.29, 1.82) is 0 Å². The van der Waals surface area contributed by atoms with Crippen LogP contribution in [-0.2, 0) is 11.2 Å². The van der Waals surface area contributed by atoms with Gasteiger partial charge in [0.05, 0.1) is 18.7 Å². The minimum atomic E-state index is -0.311. The molecule has 2 rings (SSSR count). The molecule has 0 saturated carbocycles. The van der Waals surface area contributed by atoms with Gasteiger partial charge in [0.1, 0.15) is 0 Å². The van der Waals surface area contributed by atoms with Crippen LogP contribution in [0.2, 0.25) is 0 Å². The van der Waals surface area contributed by atoms with E-state index in [0.717, 1.165) is 17.7 Å². The lowest BCUT2D eigenvalue weighted by atomic mass is 10.1. The highest BCUT2D eigenvalue weighted by molar-refractivity contribution is 7.12. The number of nitrogens with one attached hydrogen (secondary N) is 1. The Kier molecular flexibility index (Phi) is 5.02. The number of methoxy groups -OCH3 is 1. The Labute approximate surface area is 130 Å². The van der Waals surface area contributed by atoms with E-state index in [2.05, 4.69) is 31.3 Å². The fourth-order valence-corrected chi connectivity index (χ4v) is 3.14. The molecule has 3 nitrogen and oxygen atoms in total. The molecule has 1 aromatic heterocycles. The van der Waals surface area contributed by atoms with E-state index in [4.69, 9.17) is 4.74 Å². The average Bonchev–Trinajstić information content (AvgIpc) is 2.97. The van der Waals surface area contributed by atoms with Crippen LogP contribution in [0.4, 0.5) is 5.69 Å². The molecular weight excluding hydrogens is 282 g/mol. The monoisotopic (exact) mass is 303 g/mol. The molecule has 0 spiro atoms. The van der Waals surface area contributed by atoms with Crippen LogP contribution in [0.1, 0.15) is 45.6 Å². The molecule has 1 N–H and O–H groups in total. The van der Waals surface area contributed by atoms with E-state index >= 15 is 0 Å². The Hall–Kier alpha value is -1.81. The van der Waals surface area contributed by atoms with Crippen molar-refractivity contribution in [1.82, 2.24) is 0 Å². The van der Waals surface area contributed by atoms with Gasteiger partial charge in [-0.1, -0.05) is 18.6 Å². The maximum atomic E-state index is 11.9. The molecule has 0 amide bonds. The highest BCUT2D eigenvalue weighted by Crippen LogP contribution is 2.28. The first kappa shape index (κ1) is 15.6. The maximum absolute atomic E-state index is 11.9. The van der Waals surface area contributed by atoms with Gasteiger partial charge in [0.15, 0.2) is 0 Å². The average molecular weight is 303 g/mol. The van der Waals surface area contributed by atoms with E-state index in [9.17, 15) is 4.79 Å². The lowest BCUT2D eigenvalue weighted by Gasteiger charge is -2.16. The van der Waals surface area contributed by atoms with Crippen LogP contribution >= 0.6 is 11.3 Å². The number of aryl methyl sites for hydroxylation is 2. The molecule has 0 fully saturated rings. The van der Waals surface area contributed by atoms with Gasteiger partial charge in [-0.3, -0.25) is 0 Å². The van der Waals surface area contributed by atoms with Crippen molar-refractivity contribution >= 4 is 23.0 Å². The molecule has 2 aromatic rings. The van der Waals surface area contributed by atoms with Crippen LogP contribution in [0.3, 0.4) is 0 Å². The summed E-state index contributed by atoms with van der Waals surface area (Å²) >= 11 is 1.80. The first-order valence-corrected chi connectivity index (χ1v) is 7.91. The molecule has 0 radical (unpaired) electrons. The topological polar surface area (TPSA) is 38.3 Å². The Morgan fingerprint density at radius 1 is 1.33 bits per heavy atom. The van der Waals surface area contributed by atoms with Crippen molar-refractivity contribution < 1.29 is 9.53 Å². The van der Waals surface area contributed by atoms with E-state index in [1.807, 2.05) is 25.1 Å². The third-order valence-electron chi connectivity index (χ3n) is 3.41. The molecule has 0 saturated heterocycles. The molecule has 1 unspecified atom stereocenters. The summed E-state index contributed by atoms with van der Waals surface area (Å²) in [5.41, 5.74) is 2.43. The Bertz CT molecular complexity index is 633. The SMILES string of the molecule is CCc1ccc(C(C)Nc2ccc(C)cc2C(=O)OC)s1. The summed E-state index contributed by atoms with van der Waals surface area (Å²) in [6, 6.07) is 10.2. The summed E-state index contributed by atoms with van der Waals surface area (Å²) in [5, 5.41) is 3.42. The highest BCUT2D eigenvalue weighted by Gasteiger charge is 2.15. The van der Waals surface area contributed by atoms with E-state index in [1.165, 1.54) is 16.9 Å². The number of benzene rings is 1. The number of esters is 1. The third-order valence-corrected chi connectivity index (χ3v) is 4.82. The zero-order chi connectivity index (χ0) is 15.4. The van der Waals surface area contributed by atoms with Gasteiger partial charge in [-0.05, 0) is 44.5 Å². The number of carbonyl (C=O) groups excluding carboxylic acids is 1. The molecule has 0 bridgehead atoms.